The smallest absolute Gasteiger partial charge is 0.255 e. The van der Waals surface area contributed by atoms with Gasteiger partial charge in [-0.1, -0.05) is 23.2 Å². The fraction of sp³-hybridized carbons (Fsp3) is 0. The van der Waals surface area contributed by atoms with Crippen LogP contribution < -0.4 is 11.1 Å². The first-order valence-corrected chi connectivity index (χ1v) is 5.38. The van der Waals surface area contributed by atoms with E-state index in [0.29, 0.717) is 11.3 Å². The van der Waals surface area contributed by atoms with Crippen molar-refractivity contribution in [2.24, 2.45) is 0 Å². The molecule has 0 fully saturated rings. The number of nitrogens with zero attached hydrogens (tertiary/aromatic N) is 1. The normalized spacial score (nSPS) is 10.2. The molecule has 1 aromatic carbocycles. The molecule has 0 aliphatic heterocycles. The summed E-state index contributed by atoms with van der Waals surface area (Å²) in [4.78, 5) is 11.8. The second-order valence-corrected chi connectivity index (χ2v) is 4.11. The van der Waals surface area contributed by atoms with Crippen LogP contribution in [0.2, 0.25) is 10.0 Å². The van der Waals surface area contributed by atoms with E-state index in [0.717, 1.165) is 0 Å². The molecule has 0 atom stereocenters. The third-order valence-electron chi connectivity index (χ3n) is 2.10. The number of anilines is 2. The lowest BCUT2D eigenvalue weighted by Gasteiger charge is -2.06. The highest BCUT2D eigenvalue weighted by Crippen LogP contribution is 2.29. The fourth-order valence-electron chi connectivity index (χ4n) is 1.24. The standard InChI is InChI=1S/C10H8Cl2N4O/c11-7-1-5(2-8(12)9(7)13)10(17)16-6-3-14-15-4-6/h1-4H,13H2,(H,14,15)(H,16,17). The van der Waals surface area contributed by atoms with Gasteiger partial charge in [-0.3, -0.25) is 9.89 Å². The Morgan fingerprint density at radius 2 is 2.00 bits per heavy atom. The molecule has 88 valence electrons. The van der Waals surface area contributed by atoms with E-state index in [9.17, 15) is 4.79 Å². The number of nitrogen functional groups attached to an aromatic ring is 1. The lowest BCUT2D eigenvalue weighted by Crippen LogP contribution is -2.11. The molecular formula is C10H8Cl2N4O. The van der Waals surface area contributed by atoms with Crippen LogP contribution in [-0.2, 0) is 0 Å². The van der Waals surface area contributed by atoms with Gasteiger partial charge in [0.1, 0.15) is 0 Å². The Balaban J connectivity index is 2.26. The molecule has 0 saturated carbocycles. The lowest BCUT2D eigenvalue weighted by atomic mass is 10.2. The zero-order chi connectivity index (χ0) is 12.4. The molecule has 1 aromatic heterocycles. The number of halogens is 2. The van der Waals surface area contributed by atoms with Crippen LogP contribution in [-0.4, -0.2) is 16.1 Å². The average molecular weight is 271 g/mol. The van der Waals surface area contributed by atoms with Crippen LogP contribution in [0.3, 0.4) is 0 Å². The maximum atomic E-state index is 11.8. The SMILES string of the molecule is Nc1c(Cl)cc(C(=O)Nc2cn[nH]c2)cc1Cl. The number of hydrogen-bond acceptors (Lipinski definition) is 3. The van der Waals surface area contributed by atoms with Gasteiger partial charge < -0.3 is 11.1 Å². The van der Waals surface area contributed by atoms with Crippen molar-refractivity contribution in [3.63, 3.8) is 0 Å². The Hall–Kier alpha value is -1.72. The van der Waals surface area contributed by atoms with E-state index in [4.69, 9.17) is 28.9 Å². The van der Waals surface area contributed by atoms with Crippen LogP contribution in [0.4, 0.5) is 11.4 Å². The molecule has 0 saturated heterocycles. The lowest BCUT2D eigenvalue weighted by molar-refractivity contribution is 0.102. The molecule has 0 unspecified atom stereocenters. The van der Waals surface area contributed by atoms with Crippen LogP contribution in [0.5, 0.6) is 0 Å². The summed E-state index contributed by atoms with van der Waals surface area (Å²) in [6.07, 6.45) is 3.04. The van der Waals surface area contributed by atoms with E-state index in [1.54, 1.807) is 6.20 Å². The molecule has 1 heterocycles. The summed E-state index contributed by atoms with van der Waals surface area (Å²) in [7, 11) is 0. The van der Waals surface area contributed by atoms with Gasteiger partial charge >= 0.3 is 0 Å². The van der Waals surface area contributed by atoms with Gasteiger partial charge in [0, 0.05) is 11.8 Å². The second kappa shape index (κ2) is 4.65. The van der Waals surface area contributed by atoms with E-state index in [2.05, 4.69) is 15.5 Å². The van der Waals surface area contributed by atoms with Crippen molar-refractivity contribution >= 4 is 40.5 Å². The zero-order valence-corrected chi connectivity index (χ0v) is 10.0. The molecule has 2 aromatic rings. The summed E-state index contributed by atoms with van der Waals surface area (Å²) in [6, 6.07) is 2.91. The first kappa shape index (κ1) is 11.8. The highest BCUT2D eigenvalue weighted by Gasteiger charge is 2.11. The number of rotatable bonds is 2. The van der Waals surface area contributed by atoms with Crippen LogP contribution in [0.1, 0.15) is 10.4 Å². The van der Waals surface area contributed by atoms with E-state index < -0.39 is 0 Å². The van der Waals surface area contributed by atoms with Crippen molar-refractivity contribution in [1.82, 2.24) is 10.2 Å². The van der Waals surface area contributed by atoms with Gasteiger partial charge in [-0.05, 0) is 12.1 Å². The van der Waals surface area contributed by atoms with Crippen LogP contribution in [0.25, 0.3) is 0 Å². The minimum Gasteiger partial charge on any atom is -0.396 e. The predicted molar refractivity (Wildman–Crippen MR) is 67.4 cm³/mol. The molecule has 0 spiro atoms. The predicted octanol–water partition coefficient (Wildman–Crippen LogP) is 2.55. The Morgan fingerprint density at radius 3 is 2.53 bits per heavy atom. The summed E-state index contributed by atoms with van der Waals surface area (Å²) in [5, 5.41) is 9.40. The summed E-state index contributed by atoms with van der Waals surface area (Å²) < 4.78 is 0. The molecule has 0 aliphatic rings. The van der Waals surface area contributed by atoms with Crippen molar-refractivity contribution in [2.45, 2.75) is 0 Å². The van der Waals surface area contributed by atoms with E-state index in [1.165, 1.54) is 18.3 Å². The Morgan fingerprint density at radius 1 is 1.35 bits per heavy atom. The number of carbonyl (C=O) groups is 1. The van der Waals surface area contributed by atoms with Gasteiger partial charge in [-0.15, -0.1) is 0 Å². The summed E-state index contributed by atoms with van der Waals surface area (Å²) in [5.41, 5.74) is 6.72. The van der Waals surface area contributed by atoms with E-state index >= 15 is 0 Å². The van der Waals surface area contributed by atoms with Gasteiger partial charge in [0.15, 0.2) is 0 Å². The van der Waals surface area contributed by atoms with Gasteiger partial charge in [-0.25, -0.2) is 0 Å². The number of carbonyl (C=O) groups excluding carboxylic acids is 1. The minimum atomic E-state index is -0.338. The highest BCUT2D eigenvalue weighted by atomic mass is 35.5. The summed E-state index contributed by atoms with van der Waals surface area (Å²) >= 11 is 11.7. The number of nitrogens with two attached hydrogens (primary N) is 1. The Bertz CT molecular complexity index is 530. The van der Waals surface area contributed by atoms with Gasteiger partial charge in [-0.2, -0.15) is 5.10 Å². The third-order valence-corrected chi connectivity index (χ3v) is 2.72. The topological polar surface area (TPSA) is 83.8 Å². The molecule has 1 amide bonds. The average Bonchev–Trinajstić information content (AvgIpc) is 2.77. The van der Waals surface area contributed by atoms with Gasteiger partial charge in [0.2, 0.25) is 0 Å². The molecule has 0 bridgehead atoms. The van der Waals surface area contributed by atoms with Crippen LogP contribution >= 0.6 is 23.2 Å². The molecule has 0 radical (unpaired) electrons. The van der Waals surface area contributed by atoms with Crippen molar-refractivity contribution in [2.75, 3.05) is 11.1 Å². The van der Waals surface area contributed by atoms with Crippen molar-refractivity contribution in [1.29, 1.82) is 0 Å². The van der Waals surface area contributed by atoms with Gasteiger partial charge in [0.25, 0.3) is 5.91 Å². The number of nitrogens with one attached hydrogen (secondary N) is 2. The van der Waals surface area contributed by atoms with E-state index in [1.807, 2.05) is 0 Å². The number of amides is 1. The Labute approximate surface area is 107 Å². The number of hydrogen-bond donors (Lipinski definition) is 3. The second-order valence-electron chi connectivity index (χ2n) is 3.29. The summed E-state index contributed by atoms with van der Waals surface area (Å²) in [6.45, 7) is 0. The maximum Gasteiger partial charge on any atom is 0.255 e. The van der Waals surface area contributed by atoms with E-state index in [-0.39, 0.29) is 21.6 Å². The molecule has 5 nitrogen and oxygen atoms in total. The highest BCUT2D eigenvalue weighted by molar-refractivity contribution is 6.39. The monoisotopic (exact) mass is 270 g/mol. The van der Waals surface area contributed by atoms with Crippen molar-refractivity contribution in [3.05, 3.63) is 40.1 Å². The number of H-pyrrole nitrogens is 1. The molecule has 4 N–H and O–H groups in total. The molecule has 0 aliphatic carbocycles. The third kappa shape index (κ3) is 2.51. The minimum absolute atomic E-state index is 0.245. The number of aromatic nitrogens is 2. The molecule has 2 rings (SSSR count). The first-order valence-electron chi connectivity index (χ1n) is 4.62. The molecular weight excluding hydrogens is 263 g/mol. The summed E-state index contributed by atoms with van der Waals surface area (Å²) in [5.74, 6) is -0.338. The van der Waals surface area contributed by atoms with Gasteiger partial charge in [0.05, 0.1) is 27.6 Å². The molecule has 7 heteroatoms. The zero-order valence-electron chi connectivity index (χ0n) is 8.50. The quantitative estimate of drug-likeness (QED) is 0.734. The first-order chi connectivity index (χ1) is 8.08. The Kier molecular flexibility index (Phi) is 3.21. The molecule has 17 heavy (non-hydrogen) atoms. The largest absolute Gasteiger partial charge is 0.396 e. The van der Waals surface area contributed by atoms with Crippen LogP contribution in [0.15, 0.2) is 24.5 Å². The van der Waals surface area contributed by atoms with Crippen molar-refractivity contribution in [3.8, 4) is 0 Å². The van der Waals surface area contributed by atoms with Crippen LogP contribution in [0, 0.1) is 0 Å². The number of benzene rings is 1. The fourth-order valence-corrected chi connectivity index (χ4v) is 1.72. The maximum absolute atomic E-state index is 11.8. The van der Waals surface area contributed by atoms with Crippen molar-refractivity contribution < 1.29 is 4.79 Å². The number of aromatic amines is 1.